The van der Waals surface area contributed by atoms with E-state index >= 15 is 0 Å². The molecule has 3 aromatic rings. The number of amides is 1. The number of thiophene rings is 1. The molecule has 24 heavy (non-hydrogen) atoms. The average Bonchev–Trinajstić information content (AvgIpc) is 3.19. The Balaban J connectivity index is 1.42. The van der Waals surface area contributed by atoms with Gasteiger partial charge in [-0.1, -0.05) is 0 Å². The highest BCUT2D eigenvalue weighted by molar-refractivity contribution is 7.10. The number of fused-ring (bicyclic) bond motifs is 2. The molecule has 1 aliphatic carbocycles. The van der Waals surface area contributed by atoms with Crippen LogP contribution in [0.25, 0.3) is 10.9 Å². The number of H-pyrrole nitrogens is 1. The summed E-state index contributed by atoms with van der Waals surface area (Å²) in [6.45, 7) is 0.549. The Labute approximate surface area is 143 Å². The van der Waals surface area contributed by atoms with Crippen LogP contribution in [0.5, 0.6) is 0 Å². The molecule has 3 nitrogen and oxygen atoms in total. The molecule has 2 heterocycles. The predicted octanol–water partition coefficient (Wildman–Crippen LogP) is 4.22. The summed E-state index contributed by atoms with van der Waals surface area (Å²) in [7, 11) is 0. The highest BCUT2D eigenvalue weighted by Crippen LogP contribution is 2.30. The zero-order valence-corrected chi connectivity index (χ0v) is 14.1. The fraction of sp³-hybridized carbons (Fsp3) is 0.316. The van der Waals surface area contributed by atoms with E-state index in [2.05, 4.69) is 10.3 Å². The average molecular weight is 342 g/mol. The topological polar surface area (TPSA) is 44.9 Å². The van der Waals surface area contributed by atoms with Gasteiger partial charge in [0.05, 0.1) is 5.56 Å². The monoisotopic (exact) mass is 342 g/mol. The van der Waals surface area contributed by atoms with Crippen molar-refractivity contribution in [3.05, 3.63) is 57.2 Å². The summed E-state index contributed by atoms with van der Waals surface area (Å²) in [4.78, 5) is 17.0. The van der Waals surface area contributed by atoms with Crippen LogP contribution in [0.3, 0.4) is 0 Å². The van der Waals surface area contributed by atoms with Crippen LogP contribution in [0.2, 0.25) is 0 Å². The van der Waals surface area contributed by atoms with Crippen LogP contribution in [-0.2, 0) is 19.3 Å². The number of carbonyl (C=O) groups is 1. The van der Waals surface area contributed by atoms with Crippen molar-refractivity contribution in [2.45, 2.75) is 32.1 Å². The second kappa shape index (κ2) is 6.40. The fourth-order valence-corrected chi connectivity index (χ4v) is 4.57. The largest absolute Gasteiger partial charge is 0.361 e. The highest BCUT2D eigenvalue weighted by Gasteiger charge is 2.19. The van der Waals surface area contributed by atoms with Crippen molar-refractivity contribution in [1.82, 2.24) is 10.3 Å². The normalized spacial score (nSPS) is 13.9. The van der Waals surface area contributed by atoms with Gasteiger partial charge in [-0.05, 0) is 61.4 Å². The smallest absolute Gasteiger partial charge is 0.252 e. The Hall–Kier alpha value is -2.14. The van der Waals surface area contributed by atoms with E-state index in [1.54, 1.807) is 17.4 Å². The molecule has 1 aliphatic rings. The minimum Gasteiger partial charge on any atom is -0.361 e. The first-order chi connectivity index (χ1) is 11.7. The second-order valence-electron chi connectivity index (χ2n) is 6.27. The zero-order chi connectivity index (χ0) is 16.5. The number of aromatic amines is 1. The van der Waals surface area contributed by atoms with Gasteiger partial charge in [-0.15, -0.1) is 11.3 Å². The minimum absolute atomic E-state index is 0.0143. The molecular weight excluding hydrogens is 323 g/mol. The van der Waals surface area contributed by atoms with Crippen LogP contribution in [0.1, 0.15) is 39.2 Å². The summed E-state index contributed by atoms with van der Waals surface area (Å²) < 4.78 is 13.4. The summed E-state index contributed by atoms with van der Waals surface area (Å²) in [5.74, 6) is -0.224. The Kier molecular flexibility index (Phi) is 4.10. The molecule has 2 N–H and O–H groups in total. The first-order valence-electron chi connectivity index (χ1n) is 8.35. The predicted molar refractivity (Wildman–Crippen MR) is 95.3 cm³/mol. The van der Waals surface area contributed by atoms with Gasteiger partial charge in [0, 0.05) is 33.9 Å². The van der Waals surface area contributed by atoms with E-state index in [0.29, 0.717) is 13.0 Å². The van der Waals surface area contributed by atoms with Crippen LogP contribution in [0.15, 0.2) is 29.8 Å². The SMILES string of the molecule is O=C(NCCc1c[nH]c2ccc(F)cc12)c1csc2c1CCCC2. The summed E-state index contributed by atoms with van der Waals surface area (Å²) in [6, 6.07) is 4.73. The number of halogens is 1. The van der Waals surface area contributed by atoms with Crippen LogP contribution in [0.4, 0.5) is 4.39 Å². The van der Waals surface area contributed by atoms with Gasteiger partial charge >= 0.3 is 0 Å². The lowest BCUT2D eigenvalue weighted by Gasteiger charge is -2.12. The molecule has 2 aromatic heterocycles. The van der Waals surface area contributed by atoms with E-state index in [1.165, 1.54) is 35.4 Å². The van der Waals surface area contributed by atoms with Gasteiger partial charge in [0.2, 0.25) is 0 Å². The molecule has 4 rings (SSSR count). The Morgan fingerprint density at radius 2 is 2.17 bits per heavy atom. The summed E-state index contributed by atoms with van der Waals surface area (Å²) in [5, 5.41) is 5.89. The third-order valence-corrected chi connectivity index (χ3v) is 5.80. The lowest BCUT2D eigenvalue weighted by molar-refractivity contribution is 0.0953. The molecule has 0 aliphatic heterocycles. The van der Waals surface area contributed by atoms with Crippen LogP contribution in [-0.4, -0.2) is 17.4 Å². The van der Waals surface area contributed by atoms with Crippen LogP contribution < -0.4 is 5.32 Å². The number of rotatable bonds is 4. The van der Waals surface area contributed by atoms with Gasteiger partial charge in [-0.3, -0.25) is 4.79 Å². The Bertz CT molecular complexity index is 896. The van der Waals surface area contributed by atoms with E-state index in [4.69, 9.17) is 0 Å². The number of nitrogens with one attached hydrogen (secondary N) is 2. The molecule has 0 saturated heterocycles. The quantitative estimate of drug-likeness (QED) is 0.732. The minimum atomic E-state index is -0.239. The zero-order valence-electron chi connectivity index (χ0n) is 13.3. The maximum Gasteiger partial charge on any atom is 0.252 e. The first-order valence-corrected chi connectivity index (χ1v) is 9.23. The van der Waals surface area contributed by atoms with Gasteiger partial charge in [-0.25, -0.2) is 4.39 Å². The molecule has 0 saturated carbocycles. The van der Waals surface area contributed by atoms with E-state index in [1.807, 2.05) is 11.6 Å². The van der Waals surface area contributed by atoms with Crippen LogP contribution >= 0.6 is 11.3 Å². The fourth-order valence-electron chi connectivity index (χ4n) is 3.45. The van der Waals surface area contributed by atoms with Gasteiger partial charge in [0.25, 0.3) is 5.91 Å². The molecule has 124 valence electrons. The molecule has 0 spiro atoms. The molecule has 1 aromatic carbocycles. The number of aromatic nitrogens is 1. The van der Waals surface area contributed by atoms with Crippen LogP contribution in [0, 0.1) is 5.82 Å². The van der Waals surface area contributed by atoms with Gasteiger partial charge in [0.15, 0.2) is 0 Å². The van der Waals surface area contributed by atoms with Crippen molar-refractivity contribution < 1.29 is 9.18 Å². The summed E-state index contributed by atoms with van der Waals surface area (Å²) in [5.41, 5.74) is 4.04. The number of benzene rings is 1. The molecule has 5 heteroatoms. The summed E-state index contributed by atoms with van der Waals surface area (Å²) in [6.07, 6.45) is 7.10. The third-order valence-electron chi connectivity index (χ3n) is 4.72. The maximum absolute atomic E-state index is 13.4. The maximum atomic E-state index is 13.4. The van der Waals surface area contributed by atoms with Crippen molar-refractivity contribution in [2.75, 3.05) is 6.54 Å². The van der Waals surface area contributed by atoms with Crippen molar-refractivity contribution in [3.8, 4) is 0 Å². The first kappa shape index (κ1) is 15.4. The van der Waals surface area contributed by atoms with Crippen molar-refractivity contribution in [1.29, 1.82) is 0 Å². The van der Waals surface area contributed by atoms with Crippen molar-refractivity contribution in [2.24, 2.45) is 0 Å². The Morgan fingerprint density at radius 1 is 1.29 bits per heavy atom. The van der Waals surface area contributed by atoms with Crippen molar-refractivity contribution >= 4 is 28.1 Å². The molecule has 0 radical (unpaired) electrons. The van der Waals surface area contributed by atoms with Gasteiger partial charge < -0.3 is 10.3 Å². The molecule has 0 atom stereocenters. The number of hydrogen-bond acceptors (Lipinski definition) is 2. The standard InChI is InChI=1S/C19H19FN2OS/c20-13-5-6-17-15(9-13)12(10-22-17)7-8-21-19(23)16-11-24-18-4-2-1-3-14(16)18/h5-6,9-11,22H,1-4,7-8H2,(H,21,23). The van der Waals surface area contributed by atoms with E-state index < -0.39 is 0 Å². The molecule has 0 unspecified atom stereocenters. The van der Waals surface area contributed by atoms with E-state index in [-0.39, 0.29) is 11.7 Å². The lowest BCUT2D eigenvalue weighted by Crippen LogP contribution is -2.26. The third kappa shape index (κ3) is 2.84. The molecular formula is C19H19FN2OS. The number of aryl methyl sites for hydroxylation is 1. The van der Waals surface area contributed by atoms with Gasteiger partial charge in [0.1, 0.15) is 5.82 Å². The van der Waals surface area contributed by atoms with Crippen molar-refractivity contribution in [3.63, 3.8) is 0 Å². The van der Waals surface area contributed by atoms with E-state index in [0.717, 1.165) is 34.9 Å². The molecule has 0 bridgehead atoms. The lowest BCUT2D eigenvalue weighted by atomic mass is 9.95. The second-order valence-corrected chi connectivity index (χ2v) is 7.23. The molecule has 0 fully saturated rings. The molecule has 1 amide bonds. The van der Waals surface area contributed by atoms with Gasteiger partial charge in [-0.2, -0.15) is 0 Å². The van der Waals surface area contributed by atoms with E-state index in [9.17, 15) is 9.18 Å². The Morgan fingerprint density at radius 3 is 3.08 bits per heavy atom. The summed E-state index contributed by atoms with van der Waals surface area (Å²) >= 11 is 1.71. The number of hydrogen-bond donors (Lipinski definition) is 2. The number of carbonyl (C=O) groups excluding carboxylic acids is 1. The highest BCUT2D eigenvalue weighted by atomic mass is 32.1.